The first kappa shape index (κ1) is 24.1. The van der Waals surface area contributed by atoms with Gasteiger partial charge in [-0.1, -0.05) is 36.4 Å². The molecule has 1 aromatic heterocycles. The van der Waals surface area contributed by atoms with Crippen molar-refractivity contribution in [2.45, 2.75) is 18.9 Å². The van der Waals surface area contributed by atoms with Crippen molar-refractivity contribution in [3.63, 3.8) is 0 Å². The van der Waals surface area contributed by atoms with Crippen LogP contribution >= 0.6 is 11.3 Å². The fourth-order valence-corrected chi connectivity index (χ4v) is 6.05. The Labute approximate surface area is 213 Å². The minimum absolute atomic E-state index is 0.0593. The molecule has 0 saturated carbocycles. The largest absolute Gasteiger partial charge is 0.340 e. The first-order valence-electron chi connectivity index (χ1n) is 12.2. The predicted octanol–water partition coefficient (Wildman–Crippen LogP) is 3.98. The maximum absolute atomic E-state index is 13.4. The second-order valence-corrected chi connectivity index (χ2v) is 10.2. The fraction of sp³-hybridized carbons (Fsp3) is 0.333. The normalized spacial score (nSPS) is 18.4. The minimum atomic E-state index is -0.498. The van der Waals surface area contributed by atoms with Crippen LogP contribution in [0.25, 0.3) is 0 Å². The van der Waals surface area contributed by atoms with Gasteiger partial charge < -0.3 is 9.80 Å². The molecule has 3 heterocycles. The van der Waals surface area contributed by atoms with E-state index in [9.17, 15) is 19.7 Å². The van der Waals surface area contributed by atoms with Gasteiger partial charge in [0, 0.05) is 55.3 Å². The van der Waals surface area contributed by atoms with Crippen LogP contribution in [0.5, 0.6) is 0 Å². The lowest BCUT2D eigenvalue weighted by Crippen LogP contribution is -2.45. The van der Waals surface area contributed by atoms with Gasteiger partial charge in [0.05, 0.1) is 17.5 Å². The van der Waals surface area contributed by atoms with E-state index in [0.717, 1.165) is 13.0 Å². The second kappa shape index (κ2) is 10.6. The number of carbonyl (C=O) groups is 2. The number of amides is 2. The highest BCUT2D eigenvalue weighted by atomic mass is 32.1. The van der Waals surface area contributed by atoms with E-state index in [0.29, 0.717) is 44.7 Å². The molecule has 0 radical (unpaired) electrons. The van der Waals surface area contributed by atoms with Crippen LogP contribution in [0.2, 0.25) is 0 Å². The quantitative estimate of drug-likeness (QED) is 0.388. The van der Waals surface area contributed by atoms with Crippen molar-refractivity contribution in [1.82, 2.24) is 14.7 Å². The number of hydrogen-bond donors (Lipinski definition) is 0. The van der Waals surface area contributed by atoms with Crippen molar-refractivity contribution in [3.8, 4) is 0 Å². The monoisotopic (exact) mass is 504 g/mol. The zero-order valence-corrected chi connectivity index (χ0v) is 20.7. The number of nitrogens with zero attached hydrogens (tertiary/aromatic N) is 4. The van der Waals surface area contributed by atoms with E-state index in [4.69, 9.17) is 0 Å². The number of non-ortho nitro benzene ring substituents is 1. The van der Waals surface area contributed by atoms with Crippen molar-refractivity contribution < 1.29 is 14.5 Å². The molecule has 1 fully saturated rings. The third-order valence-electron chi connectivity index (χ3n) is 6.96. The molecule has 2 amide bonds. The highest BCUT2D eigenvalue weighted by molar-refractivity contribution is 7.10. The van der Waals surface area contributed by atoms with Gasteiger partial charge in [-0.2, -0.15) is 0 Å². The Morgan fingerprint density at radius 3 is 2.53 bits per heavy atom. The highest BCUT2D eigenvalue weighted by Crippen LogP contribution is 2.37. The van der Waals surface area contributed by atoms with Crippen molar-refractivity contribution in [1.29, 1.82) is 0 Å². The van der Waals surface area contributed by atoms with E-state index in [1.54, 1.807) is 22.3 Å². The molecule has 1 atom stereocenters. The molecular weight excluding hydrogens is 476 g/mol. The van der Waals surface area contributed by atoms with Gasteiger partial charge >= 0.3 is 0 Å². The maximum atomic E-state index is 13.4. The number of nitro groups is 1. The molecule has 0 unspecified atom stereocenters. The molecule has 2 aliphatic heterocycles. The van der Waals surface area contributed by atoms with Gasteiger partial charge in [-0.05, 0) is 41.5 Å². The van der Waals surface area contributed by atoms with Crippen LogP contribution < -0.4 is 0 Å². The number of thiophene rings is 1. The van der Waals surface area contributed by atoms with Gasteiger partial charge in [0.1, 0.15) is 0 Å². The summed E-state index contributed by atoms with van der Waals surface area (Å²) < 4.78 is 0. The molecule has 0 aliphatic carbocycles. The molecule has 9 heteroatoms. The van der Waals surface area contributed by atoms with Gasteiger partial charge in [-0.15, -0.1) is 11.3 Å². The molecule has 186 valence electrons. The summed E-state index contributed by atoms with van der Waals surface area (Å²) in [6, 6.07) is 18.4. The summed E-state index contributed by atoms with van der Waals surface area (Å²) >= 11 is 1.78. The predicted molar refractivity (Wildman–Crippen MR) is 138 cm³/mol. The summed E-state index contributed by atoms with van der Waals surface area (Å²) in [7, 11) is 0. The average Bonchev–Trinajstić information content (AvgIpc) is 3.24. The Morgan fingerprint density at radius 1 is 0.944 bits per heavy atom. The number of fused-ring (bicyclic) bond motifs is 1. The molecular formula is C27H28N4O4S. The third-order valence-corrected chi connectivity index (χ3v) is 7.96. The molecule has 2 aliphatic rings. The van der Waals surface area contributed by atoms with Crippen LogP contribution in [-0.2, 0) is 11.2 Å². The van der Waals surface area contributed by atoms with E-state index >= 15 is 0 Å². The number of benzene rings is 2. The fourth-order valence-electron chi connectivity index (χ4n) is 5.14. The zero-order valence-electron chi connectivity index (χ0n) is 19.9. The van der Waals surface area contributed by atoms with Crippen molar-refractivity contribution in [2.75, 3.05) is 39.3 Å². The topological polar surface area (TPSA) is 87.0 Å². The molecule has 8 nitrogen and oxygen atoms in total. The van der Waals surface area contributed by atoms with E-state index in [1.807, 2.05) is 23.1 Å². The van der Waals surface area contributed by atoms with Crippen LogP contribution in [0.15, 0.2) is 66.0 Å². The Hall–Kier alpha value is -3.56. The van der Waals surface area contributed by atoms with Crippen molar-refractivity contribution in [3.05, 3.63) is 97.7 Å². The van der Waals surface area contributed by atoms with Gasteiger partial charge in [0.15, 0.2) is 0 Å². The maximum Gasteiger partial charge on any atom is 0.270 e. The Bertz CT molecular complexity index is 1260. The smallest absolute Gasteiger partial charge is 0.270 e. The molecule has 1 saturated heterocycles. The molecule has 0 bridgehead atoms. The van der Waals surface area contributed by atoms with Gasteiger partial charge in [-0.25, -0.2) is 0 Å². The number of hydrogen-bond acceptors (Lipinski definition) is 6. The van der Waals surface area contributed by atoms with Crippen molar-refractivity contribution in [2.24, 2.45) is 0 Å². The average molecular weight is 505 g/mol. The number of carbonyl (C=O) groups excluding carboxylic acids is 2. The Kier molecular flexibility index (Phi) is 7.11. The van der Waals surface area contributed by atoms with Crippen LogP contribution in [0.1, 0.15) is 38.8 Å². The van der Waals surface area contributed by atoms with Gasteiger partial charge in [0.2, 0.25) is 5.91 Å². The molecule has 5 rings (SSSR count). The highest BCUT2D eigenvalue weighted by Gasteiger charge is 2.32. The van der Waals surface area contributed by atoms with Crippen LogP contribution in [-0.4, -0.2) is 70.7 Å². The summed E-state index contributed by atoms with van der Waals surface area (Å²) in [5, 5.41) is 13.2. The van der Waals surface area contributed by atoms with Gasteiger partial charge in [0.25, 0.3) is 11.6 Å². The van der Waals surface area contributed by atoms with E-state index < -0.39 is 4.92 Å². The first-order chi connectivity index (χ1) is 17.5. The van der Waals surface area contributed by atoms with Gasteiger partial charge in [-0.3, -0.25) is 24.6 Å². The number of nitro benzene ring substituents is 1. The Morgan fingerprint density at radius 2 is 1.72 bits per heavy atom. The summed E-state index contributed by atoms with van der Waals surface area (Å²) in [4.78, 5) is 44.2. The zero-order chi connectivity index (χ0) is 25.1. The summed E-state index contributed by atoms with van der Waals surface area (Å²) in [5.74, 6) is -0.169. The standard InChI is InChI=1S/C27H28N4O4S/c32-25(19-30-14-10-24-23(11-17-36-24)26(30)20-6-2-1-3-7-20)28-12-5-13-29(16-15-28)27(33)21-8-4-9-22(18-21)31(34)35/h1-4,6-9,11,17-18,26H,5,10,12-16,19H2/t26-/m1/s1. The molecule has 0 N–H and O–H groups in total. The van der Waals surface area contributed by atoms with Crippen LogP contribution in [0.3, 0.4) is 0 Å². The lowest BCUT2D eigenvalue weighted by Gasteiger charge is -2.37. The lowest BCUT2D eigenvalue weighted by molar-refractivity contribution is -0.384. The van der Waals surface area contributed by atoms with Crippen LogP contribution in [0.4, 0.5) is 5.69 Å². The number of rotatable bonds is 5. The molecule has 0 spiro atoms. The summed E-state index contributed by atoms with van der Waals surface area (Å²) in [6.07, 6.45) is 1.61. The molecule has 36 heavy (non-hydrogen) atoms. The Balaban J connectivity index is 1.26. The SMILES string of the molecule is O=C(CN1CCc2sccc2[C@H]1c1ccccc1)N1CCCN(C(=O)c2cccc([N+](=O)[O-])c2)CC1. The first-order valence-corrected chi connectivity index (χ1v) is 13.1. The van der Waals surface area contributed by atoms with E-state index in [1.165, 1.54) is 34.2 Å². The molecule has 3 aromatic rings. The minimum Gasteiger partial charge on any atom is -0.340 e. The second-order valence-electron chi connectivity index (χ2n) is 9.17. The molecule has 2 aromatic carbocycles. The third kappa shape index (κ3) is 5.03. The van der Waals surface area contributed by atoms with E-state index in [-0.39, 0.29) is 23.5 Å². The van der Waals surface area contributed by atoms with E-state index in [2.05, 4.69) is 28.5 Å². The van der Waals surface area contributed by atoms with Crippen LogP contribution in [0, 0.1) is 10.1 Å². The van der Waals surface area contributed by atoms with Crippen molar-refractivity contribution >= 4 is 28.8 Å². The summed E-state index contributed by atoms with van der Waals surface area (Å²) in [5.41, 5.74) is 2.68. The summed E-state index contributed by atoms with van der Waals surface area (Å²) in [6.45, 7) is 3.11. The lowest BCUT2D eigenvalue weighted by atomic mass is 9.93.